The summed E-state index contributed by atoms with van der Waals surface area (Å²) < 4.78 is 7.45. The zero-order chi connectivity index (χ0) is 30.9. The van der Waals surface area contributed by atoms with Crippen molar-refractivity contribution >= 4 is 64.2 Å². The lowest BCUT2D eigenvalue weighted by Gasteiger charge is -2.12. The lowest BCUT2D eigenvalue weighted by atomic mass is 10.00. The van der Waals surface area contributed by atoms with Crippen molar-refractivity contribution in [3.63, 3.8) is 0 Å². The lowest BCUT2D eigenvalue weighted by Crippen LogP contribution is -1.98. The third-order valence-electron chi connectivity index (χ3n) is 9.57. The molecule has 0 aliphatic heterocycles. The maximum Gasteiger partial charge on any atom is 0.0788 e. The number of rotatable bonds is 4. The summed E-state index contributed by atoms with van der Waals surface area (Å²) in [6, 6.07) is 59.5. The van der Waals surface area contributed by atoms with E-state index < -0.39 is 0 Å². The third kappa shape index (κ3) is 3.97. The fourth-order valence-electron chi connectivity index (χ4n) is 7.43. The summed E-state index contributed by atoms with van der Waals surface area (Å²) in [5.41, 5.74) is 11.0. The topological polar surface area (TPSA) is 9.86 Å². The molecule has 0 amide bonds. The third-order valence-corrected chi connectivity index (χ3v) is 10.9. The maximum absolute atomic E-state index is 2.45. The average Bonchev–Trinajstić information content (AvgIpc) is 3.84. The van der Waals surface area contributed by atoms with Gasteiger partial charge in [-0.25, -0.2) is 0 Å². The second-order valence-electron chi connectivity index (χ2n) is 12.2. The van der Waals surface area contributed by atoms with Crippen LogP contribution in [0.3, 0.4) is 0 Å². The fraction of sp³-hybridized carbons (Fsp3) is 0. The van der Waals surface area contributed by atoms with Gasteiger partial charge in [0.1, 0.15) is 0 Å². The minimum Gasteiger partial charge on any atom is -0.315 e. The van der Waals surface area contributed by atoms with E-state index in [2.05, 4.69) is 179 Å². The summed E-state index contributed by atoms with van der Waals surface area (Å²) >= 11 is 1.90. The smallest absolute Gasteiger partial charge is 0.0788 e. The quantitative estimate of drug-likeness (QED) is 0.186. The first-order valence-electron chi connectivity index (χ1n) is 16.0. The molecule has 0 aliphatic carbocycles. The Kier molecular flexibility index (Phi) is 5.78. The Morgan fingerprint density at radius 3 is 1.72 bits per heavy atom. The SMILES string of the molecule is c1ccc(-c2cccc3c2sc2c(-c4ccc(-n5c6ccccc6c6ccc7ccn(-c8ccccc8)c7c65)cc4)cccc23)cc1. The van der Waals surface area contributed by atoms with Crippen molar-refractivity contribution in [1.29, 1.82) is 0 Å². The van der Waals surface area contributed by atoms with E-state index in [1.54, 1.807) is 0 Å². The van der Waals surface area contributed by atoms with E-state index in [0.29, 0.717) is 0 Å². The second kappa shape index (κ2) is 10.3. The molecular formula is C44H28N2S. The van der Waals surface area contributed by atoms with Crippen LogP contribution in [0.1, 0.15) is 0 Å². The van der Waals surface area contributed by atoms with Crippen LogP contribution < -0.4 is 0 Å². The van der Waals surface area contributed by atoms with Crippen molar-refractivity contribution < 1.29 is 0 Å². The Morgan fingerprint density at radius 2 is 1.00 bits per heavy atom. The van der Waals surface area contributed by atoms with E-state index in [1.807, 2.05) is 11.3 Å². The van der Waals surface area contributed by atoms with E-state index in [9.17, 15) is 0 Å². The lowest BCUT2D eigenvalue weighted by molar-refractivity contribution is 1.12. The van der Waals surface area contributed by atoms with Crippen LogP contribution in [0.25, 0.3) is 86.5 Å². The predicted molar refractivity (Wildman–Crippen MR) is 201 cm³/mol. The molecule has 0 saturated carbocycles. The highest BCUT2D eigenvalue weighted by molar-refractivity contribution is 7.26. The van der Waals surface area contributed by atoms with Gasteiger partial charge in [-0.15, -0.1) is 11.3 Å². The van der Waals surface area contributed by atoms with Gasteiger partial charge in [-0.05, 0) is 58.7 Å². The molecule has 3 heteroatoms. The summed E-state index contributed by atoms with van der Waals surface area (Å²) in [5.74, 6) is 0. The van der Waals surface area contributed by atoms with Crippen LogP contribution in [0.5, 0.6) is 0 Å². The minimum absolute atomic E-state index is 1.16. The number of thiophene rings is 1. The molecule has 10 rings (SSSR count). The van der Waals surface area contributed by atoms with E-state index in [4.69, 9.17) is 0 Å². The molecule has 0 aliphatic rings. The number of nitrogens with zero attached hydrogens (tertiary/aromatic N) is 2. The van der Waals surface area contributed by atoms with Gasteiger partial charge in [0.05, 0.1) is 16.6 Å². The molecule has 0 fully saturated rings. The number of para-hydroxylation sites is 2. The number of hydrogen-bond donors (Lipinski definition) is 0. The molecule has 7 aromatic carbocycles. The first kappa shape index (κ1) is 26.3. The molecule has 0 bridgehead atoms. The Balaban J connectivity index is 1.17. The van der Waals surface area contributed by atoms with Crippen LogP contribution in [-0.4, -0.2) is 9.13 Å². The van der Waals surface area contributed by atoms with Crippen LogP contribution in [0.15, 0.2) is 170 Å². The van der Waals surface area contributed by atoms with Gasteiger partial charge in [0.25, 0.3) is 0 Å². The van der Waals surface area contributed by atoms with Crippen molar-refractivity contribution in [3.05, 3.63) is 170 Å². The van der Waals surface area contributed by atoms with E-state index in [0.717, 1.165) is 11.4 Å². The minimum atomic E-state index is 1.16. The molecule has 0 atom stereocenters. The van der Waals surface area contributed by atoms with Crippen molar-refractivity contribution in [2.45, 2.75) is 0 Å². The zero-order valence-corrected chi connectivity index (χ0v) is 26.3. The van der Waals surface area contributed by atoms with Crippen molar-refractivity contribution in [2.24, 2.45) is 0 Å². The molecule has 3 aromatic heterocycles. The largest absolute Gasteiger partial charge is 0.315 e. The summed E-state index contributed by atoms with van der Waals surface area (Å²) in [6.07, 6.45) is 2.19. The van der Waals surface area contributed by atoms with Crippen molar-refractivity contribution in [2.75, 3.05) is 0 Å². The predicted octanol–water partition coefficient (Wildman–Crippen LogP) is 12.4. The first-order valence-corrected chi connectivity index (χ1v) is 16.8. The van der Waals surface area contributed by atoms with Gasteiger partial charge in [0.15, 0.2) is 0 Å². The Bertz CT molecular complexity index is 2760. The Hall–Kier alpha value is -5.90. The Labute approximate surface area is 276 Å². The molecule has 0 saturated heterocycles. The molecule has 0 radical (unpaired) electrons. The molecule has 10 aromatic rings. The summed E-state index contributed by atoms with van der Waals surface area (Å²) in [4.78, 5) is 0. The summed E-state index contributed by atoms with van der Waals surface area (Å²) in [5, 5.41) is 6.39. The number of hydrogen-bond acceptors (Lipinski definition) is 1. The van der Waals surface area contributed by atoms with Gasteiger partial charge in [-0.1, -0.05) is 127 Å². The normalized spacial score (nSPS) is 11.8. The summed E-state index contributed by atoms with van der Waals surface area (Å²) in [7, 11) is 0. The molecule has 47 heavy (non-hydrogen) atoms. The van der Waals surface area contributed by atoms with Crippen LogP contribution in [0, 0.1) is 0 Å². The summed E-state index contributed by atoms with van der Waals surface area (Å²) in [6.45, 7) is 0. The van der Waals surface area contributed by atoms with Gasteiger partial charge in [0, 0.05) is 53.9 Å². The molecular weight excluding hydrogens is 589 g/mol. The molecule has 2 nitrogen and oxygen atoms in total. The number of benzene rings is 7. The van der Waals surface area contributed by atoms with Crippen molar-refractivity contribution in [1.82, 2.24) is 9.13 Å². The van der Waals surface area contributed by atoms with Gasteiger partial charge in [0.2, 0.25) is 0 Å². The number of fused-ring (bicyclic) bond motifs is 8. The fourth-order valence-corrected chi connectivity index (χ4v) is 8.80. The maximum atomic E-state index is 2.45. The van der Waals surface area contributed by atoms with Gasteiger partial charge in [-0.3, -0.25) is 0 Å². The van der Waals surface area contributed by atoms with E-state index in [-0.39, 0.29) is 0 Å². The monoisotopic (exact) mass is 616 g/mol. The van der Waals surface area contributed by atoms with Crippen LogP contribution in [0.4, 0.5) is 0 Å². The standard InChI is InChI=1S/C44H28N2S/c1-3-11-29(12-4-1)34-16-9-18-38-39-19-10-17-35(44(39)47-43(34)38)30-21-24-33(25-22-30)46-40-20-8-7-15-36(40)37-26-23-31-27-28-45(41(31)42(37)46)32-13-5-2-6-14-32/h1-28H. The van der Waals surface area contributed by atoms with Crippen LogP contribution in [-0.2, 0) is 0 Å². The van der Waals surface area contributed by atoms with E-state index >= 15 is 0 Å². The zero-order valence-electron chi connectivity index (χ0n) is 25.5. The van der Waals surface area contributed by atoms with E-state index in [1.165, 1.54) is 75.1 Å². The Morgan fingerprint density at radius 1 is 0.383 bits per heavy atom. The highest BCUT2D eigenvalue weighted by Gasteiger charge is 2.18. The highest BCUT2D eigenvalue weighted by Crippen LogP contribution is 2.44. The highest BCUT2D eigenvalue weighted by atomic mass is 32.1. The van der Waals surface area contributed by atoms with Gasteiger partial charge < -0.3 is 9.13 Å². The van der Waals surface area contributed by atoms with Gasteiger partial charge in [-0.2, -0.15) is 0 Å². The molecule has 220 valence electrons. The second-order valence-corrected chi connectivity index (χ2v) is 13.2. The molecule has 0 N–H and O–H groups in total. The van der Waals surface area contributed by atoms with Crippen LogP contribution in [0.2, 0.25) is 0 Å². The average molecular weight is 617 g/mol. The first-order chi connectivity index (χ1) is 23.3. The van der Waals surface area contributed by atoms with Gasteiger partial charge >= 0.3 is 0 Å². The van der Waals surface area contributed by atoms with Crippen LogP contribution >= 0.6 is 11.3 Å². The molecule has 0 unspecified atom stereocenters. The van der Waals surface area contributed by atoms with Crippen molar-refractivity contribution in [3.8, 4) is 33.6 Å². The molecule has 3 heterocycles. The molecule has 0 spiro atoms. The number of aromatic nitrogens is 2.